The van der Waals surface area contributed by atoms with E-state index < -0.39 is 0 Å². The number of carbonyl (C=O) groups excluding carboxylic acids is 2. The van der Waals surface area contributed by atoms with Crippen LogP contribution in [0.2, 0.25) is 0 Å². The van der Waals surface area contributed by atoms with Gasteiger partial charge in [-0.2, -0.15) is 0 Å². The van der Waals surface area contributed by atoms with E-state index in [1.807, 2.05) is 18.2 Å². The third-order valence-corrected chi connectivity index (χ3v) is 2.80. The number of pyridine rings is 1. The van der Waals surface area contributed by atoms with Crippen LogP contribution in [0.15, 0.2) is 24.4 Å². The van der Waals surface area contributed by atoms with Crippen molar-refractivity contribution in [1.29, 1.82) is 0 Å². The van der Waals surface area contributed by atoms with Crippen molar-refractivity contribution in [2.75, 3.05) is 20.1 Å². The molecule has 0 saturated carbocycles. The van der Waals surface area contributed by atoms with Crippen LogP contribution in [0.4, 0.5) is 0 Å². The molecular formula is C14H24Cl2N4O2. The molecule has 126 valence electrons. The Hall–Kier alpha value is -1.37. The average Bonchev–Trinajstić information content (AvgIpc) is 2.42. The van der Waals surface area contributed by atoms with Gasteiger partial charge in [-0.05, 0) is 19.1 Å². The Morgan fingerprint density at radius 1 is 1.36 bits per heavy atom. The molecule has 1 aromatic heterocycles. The summed E-state index contributed by atoms with van der Waals surface area (Å²) in [6.45, 7) is 2.32. The molecule has 0 aliphatic heterocycles. The molecule has 0 aromatic carbocycles. The lowest BCUT2D eigenvalue weighted by atomic mass is 10.2. The van der Waals surface area contributed by atoms with Gasteiger partial charge in [-0.3, -0.25) is 14.6 Å². The van der Waals surface area contributed by atoms with E-state index >= 15 is 0 Å². The van der Waals surface area contributed by atoms with Crippen LogP contribution in [0.1, 0.15) is 19.0 Å². The van der Waals surface area contributed by atoms with Gasteiger partial charge >= 0.3 is 0 Å². The predicted octanol–water partition coefficient (Wildman–Crippen LogP) is 0.780. The van der Waals surface area contributed by atoms with Crippen LogP contribution >= 0.6 is 24.8 Å². The van der Waals surface area contributed by atoms with Crippen LogP contribution in [0.5, 0.6) is 0 Å². The fourth-order valence-electron chi connectivity index (χ4n) is 1.63. The molecule has 2 amide bonds. The molecule has 8 heteroatoms. The van der Waals surface area contributed by atoms with Gasteiger partial charge in [0.15, 0.2) is 0 Å². The molecule has 1 rings (SSSR count). The first-order valence-electron chi connectivity index (χ1n) is 6.65. The Morgan fingerprint density at radius 3 is 2.59 bits per heavy atom. The van der Waals surface area contributed by atoms with E-state index in [0.717, 1.165) is 5.69 Å². The van der Waals surface area contributed by atoms with Gasteiger partial charge in [0, 0.05) is 44.4 Å². The standard InChI is InChI=1S/C14H22N4O2.2ClH/c1-11(15)9-13(19)17-10-14(20)18(2)8-6-12-5-3-4-7-16-12;;/h3-5,7,11H,6,8-10,15H2,1-2H3,(H,17,19);2*1H. The zero-order valence-electron chi connectivity index (χ0n) is 12.8. The monoisotopic (exact) mass is 350 g/mol. The summed E-state index contributed by atoms with van der Waals surface area (Å²) in [6.07, 6.45) is 2.65. The van der Waals surface area contributed by atoms with E-state index in [9.17, 15) is 9.59 Å². The number of likely N-dealkylation sites (N-methyl/N-ethyl adjacent to an activating group) is 1. The Kier molecular flexibility index (Phi) is 12.7. The Labute approximate surface area is 143 Å². The molecule has 0 aliphatic carbocycles. The molecule has 0 spiro atoms. The number of hydrogen-bond donors (Lipinski definition) is 2. The lowest BCUT2D eigenvalue weighted by Gasteiger charge is -2.17. The van der Waals surface area contributed by atoms with Crippen molar-refractivity contribution in [3.8, 4) is 0 Å². The lowest BCUT2D eigenvalue weighted by Crippen LogP contribution is -2.40. The number of nitrogens with one attached hydrogen (secondary N) is 1. The maximum atomic E-state index is 11.8. The van der Waals surface area contributed by atoms with Crippen molar-refractivity contribution >= 4 is 36.6 Å². The molecule has 22 heavy (non-hydrogen) atoms. The molecule has 1 unspecified atom stereocenters. The summed E-state index contributed by atoms with van der Waals surface area (Å²) in [6, 6.07) is 5.49. The van der Waals surface area contributed by atoms with Crippen LogP contribution in [0.3, 0.4) is 0 Å². The van der Waals surface area contributed by atoms with Crippen molar-refractivity contribution in [2.45, 2.75) is 25.8 Å². The van der Waals surface area contributed by atoms with Gasteiger partial charge in [0.05, 0.1) is 6.54 Å². The average molecular weight is 351 g/mol. The number of rotatable bonds is 7. The summed E-state index contributed by atoms with van der Waals surface area (Å²) in [4.78, 5) is 29.0. The third kappa shape index (κ3) is 9.55. The van der Waals surface area contributed by atoms with Crippen LogP contribution in [0.25, 0.3) is 0 Å². The molecule has 1 aromatic rings. The van der Waals surface area contributed by atoms with E-state index in [-0.39, 0.29) is 55.6 Å². The SMILES string of the molecule is CC(N)CC(=O)NCC(=O)N(C)CCc1ccccn1.Cl.Cl. The van der Waals surface area contributed by atoms with Crippen molar-refractivity contribution in [2.24, 2.45) is 5.73 Å². The fourth-order valence-corrected chi connectivity index (χ4v) is 1.63. The summed E-state index contributed by atoms with van der Waals surface area (Å²) in [5.74, 6) is -0.328. The zero-order valence-corrected chi connectivity index (χ0v) is 14.5. The number of amides is 2. The second kappa shape index (κ2) is 12.2. The summed E-state index contributed by atoms with van der Waals surface area (Å²) in [5.41, 5.74) is 6.45. The molecule has 0 fully saturated rings. The van der Waals surface area contributed by atoms with Gasteiger partial charge < -0.3 is 16.0 Å². The molecule has 0 bridgehead atoms. The topological polar surface area (TPSA) is 88.3 Å². The summed E-state index contributed by atoms with van der Waals surface area (Å²) >= 11 is 0. The van der Waals surface area contributed by atoms with E-state index in [4.69, 9.17) is 5.73 Å². The van der Waals surface area contributed by atoms with Gasteiger partial charge in [-0.25, -0.2) is 0 Å². The molecule has 1 atom stereocenters. The fraction of sp³-hybridized carbons (Fsp3) is 0.500. The van der Waals surface area contributed by atoms with Gasteiger partial charge in [-0.15, -0.1) is 24.8 Å². The summed E-state index contributed by atoms with van der Waals surface area (Å²) < 4.78 is 0. The maximum Gasteiger partial charge on any atom is 0.241 e. The minimum absolute atomic E-state index is 0. The molecule has 0 radical (unpaired) electrons. The first-order valence-corrected chi connectivity index (χ1v) is 6.65. The van der Waals surface area contributed by atoms with Crippen molar-refractivity contribution in [1.82, 2.24) is 15.2 Å². The minimum atomic E-state index is -0.202. The van der Waals surface area contributed by atoms with E-state index in [1.54, 1.807) is 25.1 Å². The minimum Gasteiger partial charge on any atom is -0.347 e. The third-order valence-electron chi connectivity index (χ3n) is 2.80. The Morgan fingerprint density at radius 2 is 2.05 bits per heavy atom. The Bertz CT molecular complexity index is 444. The highest BCUT2D eigenvalue weighted by atomic mass is 35.5. The number of carbonyl (C=O) groups is 2. The van der Waals surface area contributed by atoms with E-state index in [1.165, 1.54) is 0 Å². The zero-order chi connectivity index (χ0) is 15.0. The number of hydrogen-bond acceptors (Lipinski definition) is 4. The van der Waals surface area contributed by atoms with Crippen LogP contribution in [-0.4, -0.2) is 47.9 Å². The smallest absolute Gasteiger partial charge is 0.241 e. The number of aromatic nitrogens is 1. The van der Waals surface area contributed by atoms with Gasteiger partial charge in [-0.1, -0.05) is 6.07 Å². The molecule has 1 heterocycles. The van der Waals surface area contributed by atoms with E-state index in [0.29, 0.717) is 13.0 Å². The second-order valence-corrected chi connectivity index (χ2v) is 4.84. The highest BCUT2D eigenvalue weighted by Gasteiger charge is 2.11. The largest absolute Gasteiger partial charge is 0.347 e. The quantitative estimate of drug-likeness (QED) is 0.760. The maximum absolute atomic E-state index is 11.8. The lowest BCUT2D eigenvalue weighted by molar-refractivity contribution is -0.131. The van der Waals surface area contributed by atoms with Crippen molar-refractivity contribution < 1.29 is 9.59 Å². The van der Waals surface area contributed by atoms with Gasteiger partial charge in [0.2, 0.25) is 11.8 Å². The molecule has 6 nitrogen and oxygen atoms in total. The van der Waals surface area contributed by atoms with Crippen molar-refractivity contribution in [3.63, 3.8) is 0 Å². The van der Waals surface area contributed by atoms with Crippen LogP contribution in [-0.2, 0) is 16.0 Å². The summed E-state index contributed by atoms with van der Waals surface area (Å²) in [7, 11) is 1.71. The second-order valence-electron chi connectivity index (χ2n) is 4.84. The van der Waals surface area contributed by atoms with Crippen LogP contribution < -0.4 is 11.1 Å². The van der Waals surface area contributed by atoms with Crippen molar-refractivity contribution in [3.05, 3.63) is 30.1 Å². The molecule has 0 saturated heterocycles. The normalized spacial score (nSPS) is 10.7. The highest BCUT2D eigenvalue weighted by molar-refractivity contribution is 5.86. The highest BCUT2D eigenvalue weighted by Crippen LogP contribution is 1.96. The Balaban J connectivity index is 0. The van der Waals surface area contributed by atoms with Gasteiger partial charge in [0.1, 0.15) is 0 Å². The number of nitrogens with zero attached hydrogens (tertiary/aromatic N) is 2. The van der Waals surface area contributed by atoms with Gasteiger partial charge in [0.25, 0.3) is 0 Å². The number of halogens is 2. The van der Waals surface area contributed by atoms with Crippen LogP contribution in [0, 0.1) is 0 Å². The summed E-state index contributed by atoms with van der Waals surface area (Å²) in [5, 5.41) is 2.57. The molecule has 3 N–H and O–H groups in total. The molecular weight excluding hydrogens is 327 g/mol. The molecule has 0 aliphatic rings. The predicted molar refractivity (Wildman–Crippen MR) is 91.4 cm³/mol. The first kappa shape index (κ1) is 22.9. The van der Waals surface area contributed by atoms with E-state index in [2.05, 4.69) is 10.3 Å². The number of nitrogens with two attached hydrogens (primary N) is 1. The first-order chi connectivity index (χ1) is 9.49.